The van der Waals surface area contributed by atoms with Crippen LogP contribution in [0.3, 0.4) is 0 Å². The molecule has 0 aliphatic carbocycles. The van der Waals surface area contributed by atoms with Crippen molar-refractivity contribution in [1.29, 1.82) is 0 Å². The van der Waals surface area contributed by atoms with Crippen molar-refractivity contribution < 1.29 is 5.11 Å². The molecular weight excluding hydrogens is 298 g/mol. The van der Waals surface area contributed by atoms with E-state index in [-0.39, 0.29) is 6.10 Å². The fourth-order valence-electron chi connectivity index (χ4n) is 4.09. The second kappa shape index (κ2) is 8.32. The highest BCUT2D eigenvalue weighted by molar-refractivity contribution is 5.54. The molecule has 134 valence electrons. The van der Waals surface area contributed by atoms with Crippen molar-refractivity contribution in [2.75, 3.05) is 50.7 Å². The number of rotatable bonds is 5. The standard InChI is InChI=1S/C20H33N3O/c1-3-21-12-14-23(15-13-21)20-7-5-4-6-19(20)16-22-10-8-18(9-11-22)17(2)24/h4-7,17-18,24H,3,8-16H2,1-2H3. The number of nitrogens with zero attached hydrogens (tertiary/aromatic N) is 3. The maximum Gasteiger partial charge on any atom is 0.0541 e. The topological polar surface area (TPSA) is 30.0 Å². The number of aliphatic hydroxyl groups is 1. The lowest BCUT2D eigenvalue weighted by atomic mass is 9.92. The Hall–Kier alpha value is -1.10. The number of likely N-dealkylation sites (N-methyl/N-ethyl adjacent to an activating group) is 1. The van der Waals surface area contributed by atoms with Gasteiger partial charge in [-0.05, 0) is 56.9 Å². The fourth-order valence-corrected chi connectivity index (χ4v) is 4.09. The molecule has 2 fully saturated rings. The minimum Gasteiger partial charge on any atom is -0.393 e. The quantitative estimate of drug-likeness (QED) is 0.897. The monoisotopic (exact) mass is 331 g/mol. The Morgan fingerprint density at radius 3 is 2.29 bits per heavy atom. The van der Waals surface area contributed by atoms with E-state index in [0.29, 0.717) is 5.92 Å². The van der Waals surface area contributed by atoms with E-state index >= 15 is 0 Å². The van der Waals surface area contributed by atoms with E-state index < -0.39 is 0 Å². The van der Waals surface area contributed by atoms with Gasteiger partial charge in [-0.2, -0.15) is 0 Å². The highest BCUT2D eigenvalue weighted by Crippen LogP contribution is 2.26. The molecule has 1 aromatic rings. The Morgan fingerprint density at radius 2 is 1.67 bits per heavy atom. The molecule has 0 radical (unpaired) electrons. The van der Waals surface area contributed by atoms with E-state index in [4.69, 9.17) is 0 Å². The van der Waals surface area contributed by atoms with Gasteiger partial charge in [0.15, 0.2) is 0 Å². The van der Waals surface area contributed by atoms with Crippen LogP contribution >= 0.6 is 0 Å². The molecular formula is C20H33N3O. The molecule has 1 unspecified atom stereocenters. The Morgan fingerprint density at radius 1 is 1.00 bits per heavy atom. The van der Waals surface area contributed by atoms with Gasteiger partial charge in [-0.15, -0.1) is 0 Å². The minimum absolute atomic E-state index is 0.158. The molecule has 24 heavy (non-hydrogen) atoms. The average Bonchev–Trinajstić information content (AvgIpc) is 2.63. The summed E-state index contributed by atoms with van der Waals surface area (Å²) in [6, 6.07) is 8.93. The van der Waals surface area contributed by atoms with Crippen LogP contribution in [-0.4, -0.2) is 66.8 Å². The highest BCUT2D eigenvalue weighted by Gasteiger charge is 2.24. The first-order valence-electron chi connectivity index (χ1n) is 9.63. The molecule has 2 saturated heterocycles. The molecule has 1 aromatic carbocycles. The molecule has 4 heteroatoms. The normalized spacial score (nSPS) is 22.7. The molecule has 4 nitrogen and oxygen atoms in total. The lowest BCUT2D eigenvalue weighted by Crippen LogP contribution is -2.46. The van der Waals surface area contributed by atoms with Gasteiger partial charge >= 0.3 is 0 Å². The first kappa shape index (κ1) is 17.7. The molecule has 0 spiro atoms. The molecule has 0 bridgehead atoms. The Kier molecular flexibility index (Phi) is 6.14. The first-order valence-corrected chi connectivity index (χ1v) is 9.63. The zero-order chi connectivity index (χ0) is 16.9. The van der Waals surface area contributed by atoms with Gasteiger partial charge in [0.1, 0.15) is 0 Å². The zero-order valence-electron chi connectivity index (χ0n) is 15.3. The summed E-state index contributed by atoms with van der Waals surface area (Å²) in [6.45, 7) is 13.2. The number of hydrogen-bond acceptors (Lipinski definition) is 4. The largest absolute Gasteiger partial charge is 0.393 e. The molecule has 1 N–H and O–H groups in total. The van der Waals surface area contributed by atoms with Gasteiger partial charge in [0.25, 0.3) is 0 Å². The highest BCUT2D eigenvalue weighted by atomic mass is 16.3. The van der Waals surface area contributed by atoms with E-state index in [1.54, 1.807) is 0 Å². The van der Waals surface area contributed by atoms with Gasteiger partial charge in [0, 0.05) is 38.4 Å². The second-order valence-electron chi connectivity index (χ2n) is 7.40. The van der Waals surface area contributed by atoms with Crippen molar-refractivity contribution in [2.24, 2.45) is 5.92 Å². The molecule has 0 saturated carbocycles. The van der Waals surface area contributed by atoms with Crippen LogP contribution in [0.4, 0.5) is 5.69 Å². The summed E-state index contributed by atoms with van der Waals surface area (Å²) >= 11 is 0. The summed E-state index contributed by atoms with van der Waals surface area (Å²) in [5.74, 6) is 0.485. The van der Waals surface area contributed by atoms with Crippen molar-refractivity contribution in [3.63, 3.8) is 0 Å². The summed E-state index contributed by atoms with van der Waals surface area (Å²) in [6.07, 6.45) is 2.08. The number of aliphatic hydroxyl groups excluding tert-OH is 1. The molecule has 0 amide bonds. The van der Waals surface area contributed by atoms with Gasteiger partial charge in [-0.25, -0.2) is 0 Å². The van der Waals surface area contributed by atoms with Crippen molar-refractivity contribution in [1.82, 2.24) is 9.80 Å². The number of hydrogen-bond donors (Lipinski definition) is 1. The van der Waals surface area contributed by atoms with Crippen LogP contribution in [0.1, 0.15) is 32.3 Å². The molecule has 1 atom stereocenters. The van der Waals surface area contributed by atoms with Gasteiger partial charge in [0.2, 0.25) is 0 Å². The maximum atomic E-state index is 9.78. The minimum atomic E-state index is -0.158. The van der Waals surface area contributed by atoms with E-state index in [1.807, 2.05) is 6.92 Å². The predicted octanol–water partition coefficient (Wildman–Crippen LogP) is 2.42. The molecule has 0 aromatic heterocycles. The van der Waals surface area contributed by atoms with E-state index in [9.17, 15) is 5.11 Å². The number of anilines is 1. The predicted molar refractivity (Wildman–Crippen MR) is 100 cm³/mol. The van der Waals surface area contributed by atoms with Crippen molar-refractivity contribution >= 4 is 5.69 Å². The number of piperidine rings is 1. The van der Waals surface area contributed by atoms with Gasteiger partial charge in [0.05, 0.1) is 6.10 Å². The summed E-state index contributed by atoms with van der Waals surface area (Å²) in [5.41, 5.74) is 2.88. The fraction of sp³-hybridized carbons (Fsp3) is 0.700. The second-order valence-corrected chi connectivity index (χ2v) is 7.40. The van der Waals surface area contributed by atoms with E-state index in [1.165, 1.54) is 24.3 Å². The summed E-state index contributed by atoms with van der Waals surface area (Å²) in [4.78, 5) is 7.64. The third-order valence-electron chi connectivity index (χ3n) is 5.86. The number of piperazine rings is 1. The van der Waals surface area contributed by atoms with Crippen LogP contribution in [0, 0.1) is 5.92 Å². The third kappa shape index (κ3) is 4.29. The summed E-state index contributed by atoms with van der Waals surface area (Å²) in [5, 5.41) is 9.78. The van der Waals surface area contributed by atoms with Crippen LogP contribution in [-0.2, 0) is 6.54 Å². The van der Waals surface area contributed by atoms with Gasteiger partial charge < -0.3 is 14.9 Å². The molecule has 2 aliphatic rings. The molecule has 3 rings (SSSR count). The molecule has 2 heterocycles. The van der Waals surface area contributed by atoms with Crippen LogP contribution in [0.5, 0.6) is 0 Å². The number of benzene rings is 1. The van der Waals surface area contributed by atoms with Crippen molar-refractivity contribution in [3.8, 4) is 0 Å². The average molecular weight is 332 g/mol. The first-order chi connectivity index (χ1) is 11.7. The zero-order valence-corrected chi connectivity index (χ0v) is 15.3. The Bertz CT molecular complexity index is 503. The van der Waals surface area contributed by atoms with Crippen LogP contribution in [0.25, 0.3) is 0 Å². The van der Waals surface area contributed by atoms with Crippen LogP contribution in [0.2, 0.25) is 0 Å². The smallest absolute Gasteiger partial charge is 0.0541 e. The maximum absolute atomic E-state index is 9.78. The van der Waals surface area contributed by atoms with Crippen LogP contribution in [0.15, 0.2) is 24.3 Å². The Balaban J connectivity index is 1.61. The lowest BCUT2D eigenvalue weighted by molar-refractivity contribution is 0.0695. The van der Waals surface area contributed by atoms with Gasteiger partial charge in [-0.3, -0.25) is 4.90 Å². The van der Waals surface area contributed by atoms with E-state index in [0.717, 1.165) is 52.1 Å². The van der Waals surface area contributed by atoms with Crippen molar-refractivity contribution in [3.05, 3.63) is 29.8 Å². The number of likely N-dealkylation sites (tertiary alicyclic amines) is 1. The van der Waals surface area contributed by atoms with Crippen LogP contribution < -0.4 is 4.90 Å². The van der Waals surface area contributed by atoms with E-state index in [2.05, 4.69) is 45.9 Å². The van der Waals surface area contributed by atoms with Gasteiger partial charge in [-0.1, -0.05) is 25.1 Å². The third-order valence-corrected chi connectivity index (χ3v) is 5.86. The summed E-state index contributed by atoms with van der Waals surface area (Å²) in [7, 11) is 0. The van der Waals surface area contributed by atoms with Crippen molar-refractivity contribution in [2.45, 2.75) is 39.3 Å². The Labute approximate surface area is 147 Å². The lowest BCUT2D eigenvalue weighted by Gasteiger charge is -2.38. The summed E-state index contributed by atoms with van der Waals surface area (Å²) < 4.78 is 0. The number of para-hydroxylation sites is 1. The SMILES string of the molecule is CCN1CCN(c2ccccc2CN2CCC(C(C)O)CC2)CC1. The molecule has 2 aliphatic heterocycles.